The molecule has 3 amide bonds. The second-order valence-corrected chi connectivity index (χ2v) is 6.87. The molecule has 0 saturated heterocycles. The first-order valence-corrected chi connectivity index (χ1v) is 10.1. The number of aliphatic hydroxyl groups is 1. The quantitative estimate of drug-likeness (QED) is 0.0571. The molecule has 0 radical (unpaired) electrons. The molecule has 0 aliphatic heterocycles. The molecule has 0 aliphatic rings. The van der Waals surface area contributed by atoms with Crippen LogP contribution in [0.5, 0.6) is 0 Å². The van der Waals surface area contributed by atoms with Gasteiger partial charge in [-0.3, -0.25) is 24.4 Å². The summed E-state index contributed by atoms with van der Waals surface area (Å²) in [5.74, 6) is -3.90. The number of nitrogens with zero attached hydrogens (tertiary/aromatic N) is 2. The molecule has 15 N–H and O–H groups in total. The first-order valence-electron chi connectivity index (χ1n) is 10.1. The Kier molecular flexibility index (Phi) is 14.3. The number of aliphatic hydroxyl groups excluding tert-OH is 1. The second kappa shape index (κ2) is 16.0. The van der Waals surface area contributed by atoms with Crippen molar-refractivity contribution in [1.82, 2.24) is 16.0 Å². The maximum atomic E-state index is 12.8. The Bertz CT molecular complexity index is 721. The first kappa shape index (κ1) is 29.3. The Morgan fingerprint density at radius 2 is 1.18 bits per heavy atom. The third kappa shape index (κ3) is 13.4. The van der Waals surface area contributed by atoms with Gasteiger partial charge >= 0.3 is 5.97 Å². The Labute approximate surface area is 190 Å². The van der Waals surface area contributed by atoms with E-state index >= 15 is 0 Å². The van der Waals surface area contributed by atoms with E-state index in [0.29, 0.717) is 6.42 Å². The van der Waals surface area contributed by atoms with Gasteiger partial charge in [0.25, 0.3) is 0 Å². The number of amides is 3. The van der Waals surface area contributed by atoms with Crippen molar-refractivity contribution in [2.24, 2.45) is 38.7 Å². The predicted molar refractivity (Wildman–Crippen MR) is 119 cm³/mol. The summed E-state index contributed by atoms with van der Waals surface area (Å²) in [6.07, 6.45) is 0.758. The molecular weight excluding hydrogens is 440 g/mol. The van der Waals surface area contributed by atoms with Crippen LogP contribution in [-0.2, 0) is 19.2 Å². The number of nitrogens with two attached hydrogens (primary N) is 5. The van der Waals surface area contributed by atoms with Crippen LogP contribution in [0.3, 0.4) is 0 Å². The van der Waals surface area contributed by atoms with Gasteiger partial charge in [-0.05, 0) is 25.7 Å². The summed E-state index contributed by atoms with van der Waals surface area (Å²) < 4.78 is 0. The number of aliphatic imine (C=N–C) groups is 2. The highest BCUT2D eigenvalue weighted by atomic mass is 16.4. The van der Waals surface area contributed by atoms with Gasteiger partial charge in [-0.25, -0.2) is 4.79 Å². The summed E-state index contributed by atoms with van der Waals surface area (Å²) in [6.45, 7) is -0.868. The van der Waals surface area contributed by atoms with Crippen LogP contribution in [0.2, 0.25) is 0 Å². The summed E-state index contributed by atoms with van der Waals surface area (Å²) in [5, 5.41) is 25.2. The number of hydrogen-bond acceptors (Lipinski definition) is 8. The number of carboxylic acid groups (broad SMARTS) is 1. The molecule has 0 rings (SSSR count). The van der Waals surface area contributed by atoms with Gasteiger partial charge < -0.3 is 54.8 Å². The van der Waals surface area contributed by atoms with Gasteiger partial charge in [0.15, 0.2) is 11.9 Å². The zero-order chi connectivity index (χ0) is 25.4. The zero-order valence-electron chi connectivity index (χ0n) is 18.2. The number of rotatable bonds is 16. The molecule has 0 bridgehead atoms. The van der Waals surface area contributed by atoms with Gasteiger partial charge in [-0.15, -0.1) is 0 Å². The van der Waals surface area contributed by atoms with E-state index in [1.165, 1.54) is 0 Å². The van der Waals surface area contributed by atoms with E-state index in [0.717, 1.165) is 0 Å². The van der Waals surface area contributed by atoms with Crippen molar-refractivity contribution in [1.29, 1.82) is 0 Å². The van der Waals surface area contributed by atoms with Crippen LogP contribution in [0.15, 0.2) is 9.98 Å². The molecular formula is C17H34N10O6. The van der Waals surface area contributed by atoms with Gasteiger partial charge in [-0.1, -0.05) is 0 Å². The molecule has 0 fully saturated rings. The minimum atomic E-state index is -1.57. The highest BCUT2D eigenvalue weighted by molar-refractivity contribution is 5.93. The van der Waals surface area contributed by atoms with E-state index in [1.54, 1.807) is 0 Å². The first-order chi connectivity index (χ1) is 15.5. The molecule has 0 aliphatic carbocycles. The molecule has 0 spiro atoms. The van der Waals surface area contributed by atoms with Gasteiger partial charge in [0.05, 0.1) is 13.2 Å². The Balaban J connectivity index is 5.40. The SMILES string of the molecule is NCC(=O)NC(CCCN=C(N)N)C(=O)NC(CCCN=C(N)N)C(=O)NC(CO)C(=O)O. The smallest absolute Gasteiger partial charge is 0.328 e. The molecule has 16 heteroatoms. The fourth-order valence-electron chi connectivity index (χ4n) is 2.53. The largest absolute Gasteiger partial charge is 0.480 e. The molecule has 0 aromatic carbocycles. The number of carboxylic acids is 1. The molecule has 0 saturated carbocycles. The number of nitrogens with one attached hydrogen (secondary N) is 3. The standard InChI is InChI=1S/C17H34N10O6/c18-7-12(29)25-9(3-1-5-23-16(19)20)13(30)26-10(4-2-6-24-17(21)22)14(31)27-11(8-28)15(32)33/h9-11,28H,1-8,18H2,(H,25,29)(H,26,30)(H,27,31)(H,32,33)(H4,19,20,23)(H4,21,22,24). The van der Waals surface area contributed by atoms with Gasteiger partial charge in [0, 0.05) is 13.1 Å². The average molecular weight is 475 g/mol. The lowest BCUT2D eigenvalue weighted by molar-refractivity contribution is -0.143. The van der Waals surface area contributed by atoms with Crippen LogP contribution in [0.1, 0.15) is 25.7 Å². The van der Waals surface area contributed by atoms with Crippen LogP contribution in [0, 0.1) is 0 Å². The number of carbonyl (C=O) groups is 4. The number of aliphatic carboxylic acids is 1. The van der Waals surface area contributed by atoms with Crippen molar-refractivity contribution in [2.45, 2.75) is 43.8 Å². The van der Waals surface area contributed by atoms with E-state index in [-0.39, 0.29) is 50.8 Å². The third-order valence-corrected chi connectivity index (χ3v) is 4.16. The van der Waals surface area contributed by atoms with Crippen molar-refractivity contribution in [3.63, 3.8) is 0 Å². The maximum absolute atomic E-state index is 12.8. The fraction of sp³-hybridized carbons (Fsp3) is 0.647. The molecule has 3 atom stereocenters. The molecule has 33 heavy (non-hydrogen) atoms. The Hall–Kier alpha value is -3.66. The van der Waals surface area contributed by atoms with Crippen LogP contribution in [0.4, 0.5) is 0 Å². The lowest BCUT2D eigenvalue weighted by Crippen LogP contribution is -2.56. The number of hydrogen-bond donors (Lipinski definition) is 10. The van der Waals surface area contributed by atoms with E-state index < -0.39 is 48.4 Å². The molecule has 0 heterocycles. The topological polar surface area (TPSA) is 300 Å². The molecule has 0 aromatic rings. The highest BCUT2D eigenvalue weighted by Gasteiger charge is 2.28. The Morgan fingerprint density at radius 3 is 1.55 bits per heavy atom. The van der Waals surface area contributed by atoms with Gasteiger partial charge in [0.2, 0.25) is 17.7 Å². The fourth-order valence-corrected chi connectivity index (χ4v) is 2.53. The summed E-state index contributed by atoms with van der Waals surface area (Å²) in [4.78, 5) is 55.8. The average Bonchev–Trinajstić information content (AvgIpc) is 2.74. The van der Waals surface area contributed by atoms with Crippen molar-refractivity contribution < 1.29 is 29.4 Å². The van der Waals surface area contributed by atoms with E-state index in [4.69, 9.17) is 38.9 Å². The summed E-state index contributed by atoms with van der Waals surface area (Å²) in [7, 11) is 0. The van der Waals surface area contributed by atoms with Crippen molar-refractivity contribution in [3.05, 3.63) is 0 Å². The van der Waals surface area contributed by atoms with Crippen LogP contribution in [0.25, 0.3) is 0 Å². The minimum absolute atomic E-state index is 0.0394. The number of guanidine groups is 2. The second-order valence-electron chi connectivity index (χ2n) is 6.87. The minimum Gasteiger partial charge on any atom is -0.480 e. The zero-order valence-corrected chi connectivity index (χ0v) is 18.2. The van der Waals surface area contributed by atoms with Crippen molar-refractivity contribution in [3.8, 4) is 0 Å². The predicted octanol–water partition coefficient (Wildman–Crippen LogP) is -5.42. The van der Waals surface area contributed by atoms with E-state index in [2.05, 4.69) is 25.9 Å². The van der Waals surface area contributed by atoms with Gasteiger partial charge in [-0.2, -0.15) is 0 Å². The number of carbonyl (C=O) groups excluding carboxylic acids is 3. The lowest BCUT2D eigenvalue weighted by atomic mass is 10.1. The van der Waals surface area contributed by atoms with Crippen LogP contribution >= 0.6 is 0 Å². The Morgan fingerprint density at radius 1 is 0.758 bits per heavy atom. The molecule has 188 valence electrons. The molecule has 0 aromatic heterocycles. The van der Waals surface area contributed by atoms with E-state index in [1.807, 2.05) is 0 Å². The monoisotopic (exact) mass is 474 g/mol. The highest BCUT2D eigenvalue weighted by Crippen LogP contribution is 2.04. The third-order valence-electron chi connectivity index (χ3n) is 4.16. The van der Waals surface area contributed by atoms with Crippen molar-refractivity contribution >= 4 is 35.6 Å². The van der Waals surface area contributed by atoms with Crippen LogP contribution in [-0.4, -0.2) is 90.2 Å². The van der Waals surface area contributed by atoms with Crippen LogP contribution < -0.4 is 44.6 Å². The lowest BCUT2D eigenvalue weighted by Gasteiger charge is -2.24. The van der Waals surface area contributed by atoms with E-state index in [9.17, 15) is 19.2 Å². The van der Waals surface area contributed by atoms with Gasteiger partial charge in [0.1, 0.15) is 18.1 Å². The summed E-state index contributed by atoms with van der Waals surface area (Å²) in [6, 6.07) is -3.83. The summed E-state index contributed by atoms with van der Waals surface area (Å²) >= 11 is 0. The molecule has 3 unspecified atom stereocenters. The van der Waals surface area contributed by atoms with Crippen molar-refractivity contribution in [2.75, 3.05) is 26.2 Å². The maximum Gasteiger partial charge on any atom is 0.328 e. The summed E-state index contributed by atoms with van der Waals surface area (Å²) in [5.41, 5.74) is 26.3. The molecule has 16 nitrogen and oxygen atoms in total. The normalized spacial score (nSPS) is 13.0.